The number of thioether (sulfide) groups is 1. The summed E-state index contributed by atoms with van der Waals surface area (Å²) in [6.45, 7) is 4.23. The van der Waals surface area contributed by atoms with E-state index in [0.717, 1.165) is 43.3 Å². The summed E-state index contributed by atoms with van der Waals surface area (Å²) >= 11 is 2.83. The molecule has 4 rings (SSSR count). The number of alkyl halides is 3. The lowest BCUT2D eigenvalue weighted by Crippen LogP contribution is -2.06. The van der Waals surface area contributed by atoms with Crippen molar-refractivity contribution < 1.29 is 27.8 Å². The fourth-order valence-corrected chi connectivity index (χ4v) is 5.54. The van der Waals surface area contributed by atoms with E-state index < -0.39 is 17.7 Å². The molecule has 0 unspecified atom stereocenters. The van der Waals surface area contributed by atoms with E-state index in [1.54, 1.807) is 0 Å². The highest BCUT2D eigenvalue weighted by Gasteiger charge is 2.30. The predicted molar refractivity (Wildman–Crippen MR) is 126 cm³/mol. The van der Waals surface area contributed by atoms with Gasteiger partial charge in [0.1, 0.15) is 22.9 Å². The predicted octanol–water partition coefficient (Wildman–Crippen LogP) is 7.08. The molecule has 33 heavy (non-hydrogen) atoms. The fourth-order valence-electron chi connectivity index (χ4n) is 3.41. The van der Waals surface area contributed by atoms with Crippen LogP contribution in [0.15, 0.2) is 53.0 Å². The number of aromatic nitrogens is 1. The van der Waals surface area contributed by atoms with Crippen molar-refractivity contribution in [1.82, 2.24) is 4.98 Å². The largest absolute Gasteiger partial charge is 0.486 e. The van der Waals surface area contributed by atoms with Gasteiger partial charge in [-0.2, -0.15) is 13.2 Å². The first-order chi connectivity index (χ1) is 15.6. The smallest absolute Gasteiger partial charge is 0.416 e. The van der Waals surface area contributed by atoms with Crippen molar-refractivity contribution >= 4 is 44.2 Å². The zero-order chi connectivity index (χ0) is 23.8. The molecular weight excluding hydrogens is 471 g/mol. The molecule has 9 heteroatoms. The van der Waals surface area contributed by atoms with Gasteiger partial charge in [0, 0.05) is 9.81 Å². The van der Waals surface area contributed by atoms with Gasteiger partial charge in [-0.05, 0) is 55.7 Å². The van der Waals surface area contributed by atoms with Crippen LogP contribution in [-0.4, -0.2) is 22.7 Å². The Bertz CT molecular complexity index is 1270. The van der Waals surface area contributed by atoms with E-state index in [2.05, 4.69) is 4.98 Å². The normalized spacial score (nSPS) is 14.5. The quantitative estimate of drug-likeness (QED) is 0.399. The van der Waals surface area contributed by atoms with Crippen LogP contribution in [0.1, 0.15) is 35.0 Å². The molecule has 0 saturated heterocycles. The number of aryl methyl sites for hydroxylation is 1. The average Bonchev–Trinajstić information content (AvgIpc) is 3.13. The summed E-state index contributed by atoms with van der Waals surface area (Å²) in [7, 11) is 0. The Kier molecular flexibility index (Phi) is 6.54. The van der Waals surface area contributed by atoms with Crippen LogP contribution < -0.4 is 4.74 Å². The number of hydrogen-bond donors (Lipinski definition) is 1. The molecule has 0 saturated carbocycles. The lowest BCUT2D eigenvalue weighted by atomic mass is 10.1. The van der Waals surface area contributed by atoms with Crippen LogP contribution in [-0.2, 0) is 17.4 Å². The molecule has 4 nitrogen and oxygen atoms in total. The van der Waals surface area contributed by atoms with Gasteiger partial charge >= 0.3 is 12.1 Å². The first-order valence-electron chi connectivity index (χ1n) is 10.1. The van der Waals surface area contributed by atoms with Gasteiger partial charge < -0.3 is 9.84 Å². The molecular formula is C24H20F3NO3S2. The number of fused-ring (bicyclic) bond motifs is 1. The molecule has 1 aliphatic rings. The van der Waals surface area contributed by atoms with Gasteiger partial charge in [0.25, 0.3) is 0 Å². The Morgan fingerprint density at radius 2 is 1.91 bits per heavy atom. The van der Waals surface area contributed by atoms with Gasteiger partial charge in [0.2, 0.25) is 0 Å². The van der Waals surface area contributed by atoms with Gasteiger partial charge in [-0.25, -0.2) is 4.98 Å². The summed E-state index contributed by atoms with van der Waals surface area (Å²) < 4.78 is 45.6. The molecule has 172 valence electrons. The molecule has 3 aromatic rings. The molecule has 0 aliphatic carbocycles. The maximum atomic E-state index is 12.9. The molecule has 2 aromatic carbocycles. The zero-order valence-corrected chi connectivity index (χ0v) is 19.5. The number of aliphatic carboxylic acids is 1. The standard InChI is InChI=1S/C24H20F3NO3S2/c1-13-9-17(23-19(10-13)33-21(28-23)11-22(29)30)31-12-20-14(2)3-8-18(32-20)15-4-6-16(7-5-15)24(25,26)27/h4-10H,3,11-12H2,1-2H3,(H,29,30). The fraction of sp³-hybridized carbons (Fsp3) is 0.250. The Balaban J connectivity index is 1.51. The summed E-state index contributed by atoms with van der Waals surface area (Å²) in [6, 6.07) is 9.00. The van der Waals surface area contributed by atoms with Gasteiger partial charge in [0.05, 0.1) is 16.7 Å². The number of halogens is 3. The second-order valence-corrected chi connectivity index (χ2v) is 9.98. The van der Waals surface area contributed by atoms with Crippen molar-refractivity contribution in [3.63, 3.8) is 0 Å². The van der Waals surface area contributed by atoms with Crippen LogP contribution in [0.2, 0.25) is 0 Å². The lowest BCUT2D eigenvalue weighted by Gasteiger charge is -2.20. The van der Waals surface area contributed by atoms with E-state index in [-0.39, 0.29) is 6.42 Å². The van der Waals surface area contributed by atoms with E-state index in [9.17, 15) is 18.0 Å². The molecule has 0 spiro atoms. The maximum Gasteiger partial charge on any atom is 0.416 e. The number of carbonyl (C=O) groups is 1. The van der Waals surface area contributed by atoms with Gasteiger partial charge in [-0.1, -0.05) is 35.5 Å². The molecule has 0 amide bonds. The Hall–Kier alpha value is -2.78. The van der Waals surface area contributed by atoms with Gasteiger partial charge in [-0.15, -0.1) is 11.3 Å². The van der Waals surface area contributed by atoms with Gasteiger partial charge in [-0.3, -0.25) is 4.79 Å². The minimum atomic E-state index is -4.36. The number of rotatable bonds is 6. The highest BCUT2D eigenvalue weighted by atomic mass is 32.2. The van der Waals surface area contributed by atoms with E-state index in [1.165, 1.54) is 35.2 Å². The molecule has 0 bridgehead atoms. The molecule has 0 fully saturated rings. The van der Waals surface area contributed by atoms with Crippen molar-refractivity contribution in [2.45, 2.75) is 32.9 Å². The zero-order valence-electron chi connectivity index (χ0n) is 17.8. The number of benzene rings is 2. The number of hydrogen-bond acceptors (Lipinski definition) is 5. The summed E-state index contributed by atoms with van der Waals surface area (Å²) in [5.41, 5.74) is 2.81. The molecule has 1 aromatic heterocycles. The minimum Gasteiger partial charge on any atom is -0.486 e. The second-order valence-electron chi connectivity index (χ2n) is 7.73. The van der Waals surface area contributed by atoms with Crippen LogP contribution in [0.25, 0.3) is 15.1 Å². The number of carboxylic acids is 1. The third kappa shape index (κ3) is 5.42. The van der Waals surface area contributed by atoms with E-state index >= 15 is 0 Å². The summed E-state index contributed by atoms with van der Waals surface area (Å²) in [5, 5.41) is 9.57. The van der Waals surface area contributed by atoms with Crippen LogP contribution in [0.5, 0.6) is 5.75 Å². The maximum absolute atomic E-state index is 12.9. The second kappa shape index (κ2) is 9.23. The van der Waals surface area contributed by atoms with E-state index in [1.807, 2.05) is 32.1 Å². The van der Waals surface area contributed by atoms with Gasteiger partial charge in [0.15, 0.2) is 0 Å². The van der Waals surface area contributed by atoms with Crippen LogP contribution >= 0.6 is 23.1 Å². The molecule has 0 radical (unpaired) electrons. The topological polar surface area (TPSA) is 59.4 Å². The minimum absolute atomic E-state index is 0.140. The van der Waals surface area contributed by atoms with Crippen LogP contribution in [0, 0.1) is 6.92 Å². The molecule has 0 atom stereocenters. The van der Waals surface area contributed by atoms with Crippen LogP contribution in [0.3, 0.4) is 0 Å². The van der Waals surface area contributed by atoms with Crippen molar-refractivity contribution in [2.24, 2.45) is 0 Å². The molecule has 1 N–H and O–H groups in total. The van der Waals surface area contributed by atoms with E-state index in [0.29, 0.717) is 29.3 Å². The average molecular weight is 492 g/mol. The summed E-state index contributed by atoms with van der Waals surface area (Å²) in [4.78, 5) is 17.4. The van der Waals surface area contributed by atoms with E-state index in [4.69, 9.17) is 9.84 Å². The first kappa shape index (κ1) is 23.4. The Labute approximate surface area is 196 Å². The molecule has 2 heterocycles. The summed E-state index contributed by atoms with van der Waals surface area (Å²) in [5.74, 6) is -0.348. The SMILES string of the molecule is CC1=C(COc2cc(C)cc3sc(CC(=O)O)nc23)SC(c2ccc(C(F)(F)F)cc2)=CC1. The van der Waals surface area contributed by atoms with Crippen molar-refractivity contribution in [3.8, 4) is 5.75 Å². The summed E-state index contributed by atoms with van der Waals surface area (Å²) in [6.07, 6.45) is -1.80. The highest BCUT2D eigenvalue weighted by Crippen LogP contribution is 2.42. The Morgan fingerprint density at radius 1 is 1.18 bits per heavy atom. The van der Waals surface area contributed by atoms with Crippen molar-refractivity contribution in [3.05, 3.63) is 74.7 Å². The third-order valence-corrected chi connectivity index (χ3v) is 7.45. The van der Waals surface area contributed by atoms with Crippen molar-refractivity contribution in [1.29, 1.82) is 0 Å². The van der Waals surface area contributed by atoms with Crippen molar-refractivity contribution in [2.75, 3.05) is 6.61 Å². The number of carboxylic acid groups (broad SMARTS) is 1. The highest BCUT2D eigenvalue weighted by molar-refractivity contribution is 8.11. The number of ether oxygens (including phenoxy) is 1. The lowest BCUT2D eigenvalue weighted by molar-refractivity contribution is -0.138. The molecule has 1 aliphatic heterocycles. The number of nitrogens with zero attached hydrogens (tertiary/aromatic N) is 1. The number of thiazole rings is 1. The monoisotopic (exact) mass is 491 g/mol. The van der Waals surface area contributed by atoms with Crippen LogP contribution in [0.4, 0.5) is 13.2 Å². The third-order valence-electron chi connectivity index (χ3n) is 5.11. The number of allylic oxidation sites excluding steroid dienone is 2. The first-order valence-corrected chi connectivity index (χ1v) is 11.7. The Morgan fingerprint density at radius 3 is 2.58 bits per heavy atom.